The Hall–Kier alpha value is -2.54. The van der Waals surface area contributed by atoms with Gasteiger partial charge in [0.2, 0.25) is 5.91 Å². The third-order valence-electron chi connectivity index (χ3n) is 6.94. The Kier molecular flexibility index (Phi) is 4.70. The molecule has 1 spiro atoms. The van der Waals surface area contributed by atoms with Gasteiger partial charge in [-0.25, -0.2) is 9.97 Å². The summed E-state index contributed by atoms with van der Waals surface area (Å²) < 4.78 is 0. The van der Waals surface area contributed by atoms with Crippen LogP contribution in [0.2, 0.25) is 0 Å². The van der Waals surface area contributed by atoms with Gasteiger partial charge < -0.3 is 10.2 Å². The maximum atomic E-state index is 12.8. The lowest BCUT2D eigenvalue weighted by Gasteiger charge is -2.52. The minimum atomic E-state index is 0.167. The number of hydrogen-bond donors (Lipinski definition) is 1. The summed E-state index contributed by atoms with van der Waals surface area (Å²) in [5, 5.41) is 3.38. The predicted molar refractivity (Wildman–Crippen MR) is 113 cm³/mol. The summed E-state index contributed by atoms with van der Waals surface area (Å²) in [5.41, 5.74) is 1.90. The van der Waals surface area contributed by atoms with E-state index < -0.39 is 0 Å². The Labute approximate surface area is 171 Å². The molecule has 7 nitrogen and oxygen atoms in total. The van der Waals surface area contributed by atoms with Crippen LogP contribution in [0, 0.1) is 5.41 Å². The SMILES string of the molecule is CN1CC=CCC1CC(=O)NC1CCCC12CN(c1ncnc3cccnc13)C2. The van der Waals surface area contributed by atoms with E-state index in [-0.39, 0.29) is 17.4 Å². The van der Waals surface area contributed by atoms with E-state index in [9.17, 15) is 4.79 Å². The van der Waals surface area contributed by atoms with Gasteiger partial charge >= 0.3 is 0 Å². The fraction of sp³-hybridized carbons (Fsp3) is 0.545. The lowest BCUT2D eigenvalue weighted by atomic mass is 9.75. The summed E-state index contributed by atoms with van der Waals surface area (Å²) >= 11 is 0. The minimum Gasteiger partial charge on any atom is -0.353 e. The molecule has 152 valence electrons. The number of anilines is 1. The van der Waals surface area contributed by atoms with Gasteiger partial charge in [0.05, 0.1) is 5.52 Å². The molecule has 1 aliphatic carbocycles. The Bertz CT molecular complexity index is 933. The molecule has 2 fully saturated rings. The Morgan fingerprint density at radius 3 is 3.03 bits per heavy atom. The molecule has 29 heavy (non-hydrogen) atoms. The van der Waals surface area contributed by atoms with Gasteiger partial charge in [0, 0.05) is 49.8 Å². The Balaban J connectivity index is 1.25. The summed E-state index contributed by atoms with van der Waals surface area (Å²) in [6.07, 6.45) is 12.7. The lowest BCUT2D eigenvalue weighted by Crippen LogP contribution is -2.64. The fourth-order valence-electron chi connectivity index (χ4n) is 5.25. The normalized spacial score (nSPS) is 26.0. The summed E-state index contributed by atoms with van der Waals surface area (Å²) in [6.45, 7) is 2.78. The molecule has 2 aromatic heterocycles. The van der Waals surface area contributed by atoms with Crippen molar-refractivity contribution in [2.24, 2.45) is 5.41 Å². The van der Waals surface area contributed by atoms with Crippen molar-refractivity contribution in [3.05, 3.63) is 36.8 Å². The predicted octanol–water partition coefficient (Wildman–Crippen LogP) is 2.15. The first-order chi connectivity index (χ1) is 14.1. The zero-order chi connectivity index (χ0) is 19.8. The highest BCUT2D eigenvalue weighted by atomic mass is 16.1. The second-order valence-corrected chi connectivity index (χ2v) is 8.80. The number of rotatable bonds is 4. The van der Waals surface area contributed by atoms with Crippen LogP contribution in [0.1, 0.15) is 32.1 Å². The van der Waals surface area contributed by atoms with Gasteiger partial charge in [-0.1, -0.05) is 18.6 Å². The standard InChI is InChI=1S/C22H28N6O/c1-27-11-3-2-6-16(27)12-19(29)26-18-8-4-9-22(18)13-28(14-22)21-20-17(24-15-25-21)7-5-10-23-20/h2-3,5,7,10,15-16,18H,4,6,8-9,11-14H2,1H3,(H,26,29). The monoisotopic (exact) mass is 392 g/mol. The van der Waals surface area contributed by atoms with Gasteiger partial charge in [0.1, 0.15) is 11.8 Å². The number of fused-ring (bicyclic) bond motifs is 1. The lowest BCUT2D eigenvalue weighted by molar-refractivity contribution is -0.123. The highest BCUT2D eigenvalue weighted by Crippen LogP contribution is 2.47. The molecule has 1 saturated carbocycles. The van der Waals surface area contributed by atoms with Crippen molar-refractivity contribution in [1.82, 2.24) is 25.2 Å². The summed E-state index contributed by atoms with van der Waals surface area (Å²) in [6, 6.07) is 4.45. The maximum absolute atomic E-state index is 12.8. The van der Waals surface area contributed by atoms with Crippen LogP contribution in [-0.2, 0) is 4.79 Å². The topological polar surface area (TPSA) is 74.2 Å². The van der Waals surface area contributed by atoms with Crippen LogP contribution >= 0.6 is 0 Å². The van der Waals surface area contributed by atoms with Gasteiger partial charge in [-0.05, 0) is 38.4 Å². The number of carbonyl (C=O) groups excluding carboxylic acids is 1. The molecule has 2 atom stereocenters. The fourth-order valence-corrected chi connectivity index (χ4v) is 5.25. The average molecular weight is 393 g/mol. The largest absolute Gasteiger partial charge is 0.353 e. The van der Waals surface area contributed by atoms with Gasteiger partial charge in [0.25, 0.3) is 0 Å². The number of hydrogen-bond acceptors (Lipinski definition) is 6. The number of nitrogens with zero attached hydrogens (tertiary/aromatic N) is 5. The first-order valence-corrected chi connectivity index (χ1v) is 10.6. The van der Waals surface area contributed by atoms with Crippen molar-refractivity contribution >= 4 is 22.8 Å². The number of carbonyl (C=O) groups is 1. The summed E-state index contributed by atoms with van der Waals surface area (Å²) in [5.74, 6) is 1.10. The van der Waals surface area contributed by atoms with E-state index in [0.717, 1.165) is 55.7 Å². The molecule has 7 heteroatoms. The second kappa shape index (κ2) is 7.37. The molecular formula is C22H28N6O. The van der Waals surface area contributed by atoms with E-state index >= 15 is 0 Å². The number of pyridine rings is 1. The molecule has 2 aromatic rings. The molecule has 0 aromatic carbocycles. The molecular weight excluding hydrogens is 364 g/mol. The highest BCUT2D eigenvalue weighted by Gasteiger charge is 2.52. The second-order valence-electron chi connectivity index (χ2n) is 8.80. The van der Waals surface area contributed by atoms with E-state index in [1.807, 2.05) is 12.1 Å². The first-order valence-electron chi connectivity index (χ1n) is 10.6. The van der Waals surface area contributed by atoms with Crippen molar-refractivity contribution in [2.75, 3.05) is 31.6 Å². The molecule has 1 amide bonds. The zero-order valence-electron chi connectivity index (χ0n) is 16.9. The third kappa shape index (κ3) is 3.37. The molecule has 1 saturated heterocycles. The van der Waals surface area contributed by atoms with Crippen LogP contribution in [0.25, 0.3) is 11.0 Å². The van der Waals surface area contributed by atoms with Crippen molar-refractivity contribution in [3.63, 3.8) is 0 Å². The maximum Gasteiger partial charge on any atom is 0.221 e. The molecule has 4 heterocycles. The number of nitrogens with one attached hydrogen (secondary N) is 1. The van der Waals surface area contributed by atoms with E-state index in [0.29, 0.717) is 12.5 Å². The smallest absolute Gasteiger partial charge is 0.221 e. The third-order valence-corrected chi connectivity index (χ3v) is 6.94. The van der Waals surface area contributed by atoms with Gasteiger partial charge in [-0.15, -0.1) is 0 Å². The van der Waals surface area contributed by atoms with Gasteiger partial charge in [0.15, 0.2) is 5.82 Å². The van der Waals surface area contributed by atoms with E-state index in [1.165, 1.54) is 6.42 Å². The van der Waals surface area contributed by atoms with Crippen LogP contribution in [0.5, 0.6) is 0 Å². The number of amides is 1. The van der Waals surface area contributed by atoms with Gasteiger partial charge in [-0.2, -0.15) is 0 Å². The Morgan fingerprint density at radius 1 is 1.28 bits per heavy atom. The molecule has 1 N–H and O–H groups in total. The molecule has 0 bridgehead atoms. The minimum absolute atomic E-state index is 0.167. The number of aromatic nitrogens is 3. The molecule has 3 aliphatic rings. The van der Waals surface area contributed by atoms with E-state index in [2.05, 4.69) is 49.3 Å². The van der Waals surface area contributed by atoms with Crippen molar-refractivity contribution in [1.29, 1.82) is 0 Å². The molecule has 2 unspecified atom stereocenters. The van der Waals surface area contributed by atoms with Crippen molar-refractivity contribution < 1.29 is 4.79 Å². The van der Waals surface area contributed by atoms with Crippen LogP contribution in [0.15, 0.2) is 36.8 Å². The highest BCUT2D eigenvalue weighted by molar-refractivity contribution is 5.85. The van der Waals surface area contributed by atoms with Gasteiger partial charge in [-0.3, -0.25) is 14.7 Å². The molecule has 0 radical (unpaired) electrons. The van der Waals surface area contributed by atoms with Crippen LogP contribution < -0.4 is 10.2 Å². The molecule has 5 rings (SSSR count). The van der Waals surface area contributed by atoms with Crippen LogP contribution in [0.4, 0.5) is 5.82 Å². The summed E-state index contributed by atoms with van der Waals surface area (Å²) in [7, 11) is 2.10. The van der Waals surface area contributed by atoms with Crippen LogP contribution in [0.3, 0.4) is 0 Å². The van der Waals surface area contributed by atoms with E-state index in [4.69, 9.17) is 0 Å². The number of likely N-dealkylation sites (N-methyl/N-ethyl adjacent to an activating group) is 1. The zero-order valence-corrected chi connectivity index (χ0v) is 16.9. The van der Waals surface area contributed by atoms with E-state index in [1.54, 1.807) is 12.5 Å². The quantitative estimate of drug-likeness (QED) is 0.804. The first kappa shape index (κ1) is 18.5. The van der Waals surface area contributed by atoms with Crippen molar-refractivity contribution in [2.45, 2.75) is 44.2 Å². The Morgan fingerprint density at radius 2 is 2.17 bits per heavy atom. The average Bonchev–Trinajstić information content (AvgIpc) is 3.12. The van der Waals surface area contributed by atoms with Crippen LogP contribution in [-0.4, -0.2) is 64.5 Å². The summed E-state index contributed by atoms with van der Waals surface area (Å²) in [4.78, 5) is 30.6. The molecule has 2 aliphatic heterocycles. The van der Waals surface area contributed by atoms with Crippen molar-refractivity contribution in [3.8, 4) is 0 Å².